The number of hydrogen-bond donors (Lipinski definition) is 2. The molecule has 1 aliphatic rings. The van der Waals surface area contributed by atoms with Crippen LogP contribution >= 0.6 is 0 Å². The molecule has 0 bridgehead atoms. The fourth-order valence-electron chi connectivity index (χ4n) is 8.94. The number of carbonyl (C=O) groups excluding carboxylic acids is 2. The van der Waals surface area contributed by atoms with Crippen molar-refractivity contribution in [1.82, 2.24) is 9.97 Å². The monoisotopic (exact) mass is 1470 g/mol. The van der Waals surface area contributed by atoms with Gasteiger partial charge in [0.2, 0.25) is 0 Å². The summed E-state index contributed by atoms with van der Waals surface area (Å²) in [4.78, 5) is 32.5. The van der Waals surface area contributed by atoms with Gasteiger partial charge in [-0.25, -0.2) is 0 Å². The quantitative estimate of drug-likeness (QED) is 0.0979. The van der Waals surface area contributed by atoms with Gasteiger partial charge in [0.15, 0.2) is 11.6 Å². The number of benzene rings is 4. The van der Waals surface area contributed by atoms with Crippen LogP contribution in [0.4, 0.5) is 0 Å². The predicted molar refractivity (Wildman–Crippen MR) is 342 cm³/mol. The van der Waals surface area contributed by atoms with Crippen LogP contribution in [0.2, 0.25) is 0 Å². The first-order valence-corrected chi connectivity index (χ1v) is 29.3. The number of rotatable bonds is 6. The van der Waals surface area contributed by atoms with Crippen molar-refractivity contribution < 1.29 is 60.0 Å². The van der Waals surface area contributed by atoms with Crippen molar-refractivity contribution in [3.8, 4) is 22.5 Å². The van der Waals surface area contributed by atoms with Crippen molar-refractivity contribution in [2.45, 2.75) is 220 Å². The number of carbonyl (C=O) groups is 2. The number of pyridine rings is 2. The van der Waals surface area contributed by atoms with E-state index in [2.05, 4.69) is 174 Å². The smallest absolute Gasteiger partial charge is 0.164 e. The molecule has 0 amide bonds. The number of hydrogen-bond acceptors (Lipinski definition) is 6. The maximum Gasteiger partial charge on any atom is 0.164 e. The number of fused-ring (bicyclic) bond motifs is 2. The summed E-state index contributed by atoms with van der Waals surface area (Å²) in [5.41, 5.74) is 10.8. The van der Waals surface area contributed by atoms with Gasteiger partial charge >= 0.3 is 0 Å². The van der Waals surface area contributed by atoms with Crippen molar-refractivity contribution in [3.05, 3.63) is 154 Å². The molecule has 6 nitrogen and oxygen atoms in total. The Bertz CT molecular complexity index is 3110. The van der Waals surface area contributed by atoms with Crippen LogP contribution in [0.3, 0.4) is 0 Å². The molecule has 82 heavy (non-hydrogen) atoms. The number of aliphatic hydroxyl groups is 2. The second-order valence-electron chi connectivity index (χ2n) is 30.0. The normalized spacial score (nSPS) is 14.4. The Hall–Kier alpha value is -4.58. The van der Waals surface area contributed by atoms with E-state index in [9.17, 15) is 19.8 Å². The van der Waals surface area contributed by atoms with Gasteiger partial charge in [-0.2, -0.15) is 0 Å². The molecule has 2 heterocycles. The minimum atomic E-state index is -0.417. The summed E-state index contributed by atoms with van der Waals surface area (Å²) >= 11 is 0. The molecular formula is C74H102Ir2N2O4-2. The molecule has 1 fully saturated rings. The van der Waals surface area contributed by atoms with Crippen molar-refractivity contribution in [2.24, 2.45) is 27.6 Å². The van der Waals surface area contributed by atoms with E-state index in [4.69, 9.17) is 9.97 Å². The Morgan fingerprint density at radius 3 is 1.20 bits per heavy atom. The molecule has 7 rings (SSSR count). The predicted octanol–water partition coefficient (Wildman–Crippen LogP) is 20.8. The summed E-state index contributed by atoms with van der Waals surface area (Å²) in [6.45, 7) is 49.1. The fourth-order valence-corrected chi connectivity index (χ4v) is 8.94. The molecule has 1 saturated carbocycles. The molecular weight excluding hydrogens is 1370 g/mol. The van der Waals surface area contributed by atoms with Crippen molar-refractivity contribution >= 4 is 33.1 Å². The second-order valence-corrected chi connectivity index (χ2v) is 30.0. The molecule has 2 radical (unpaired) electrons. The van der Waals surface area contributed by atoms with E-state index < -0.39 is 10.8 Å². The fraction of sp³-hybridized carbons (Fsp3) is 0.514. The molecule has 1 unspecified atom stereocenters. The molecule has 0 spiro atoms. The third-order valence-electron chi connectivity index (χ3n) is 15.1. The average Bonchev–Trinajstić information content (AvgIpc) is 3.39. The van der Waals surface area contributed by atoms with Crippen molar-refractivity contribution in [2.75, 3.05) is 0 Å². The summed E-state index contributed by atoms with van der Waals surface area (Å²) in [6.07, 6.45) is 13.7. The maximum absolute atomic E-state index is 11.5. The molecule has 452 valence electrons. The van der Waals surface area contributed by atoms with Crippen LogP contribution in [-0.2, 0) is 66.0 Å². The molecule has 1 atom stereocenters. The van der Waals surface area contributed by atoms with Crippen LogP contribution in [0.15, 0.2) is 109 Å². The first kappa shape index (κ1) is 73.5. The van der Waals surface area contributed by atoms with Crippen LogP contribution in [0, 0.1) is 53.6 Å². The van der Waals surface area contributed by atoms with Crippen molar-refractivity contribution in [3.63, 3.8) is 0 Å². The molecule has 0 aliphatic heterocycles. The van der Waals surface area contributed by atoms with Crippen LogP contribution in [0.25, 0.3) is 44.1 Å². The Morgan fingerprint density at radius 1 is 0.476 bits per heavy atom. The van der Waals surface area contributed by atoms with E-state index in [1.807, 2.05) is 89.3 Å². The van der Waals surface area contributed by atoms with Crippen LogP contribution in [0.5, 0.6) is 0 Å². The van der Waals surface area contributed by atoms with Crippen LogP contribution in [-0.4, -0.2) is 31.7 Å². The van der Waals surface area contributed by atoms with Crippen LogP contribution < -0.4 is 0 Å². The average molecular weight is 1470 g/mol. The van der Waals surface area contributed by atoms with Gasteiger partial charge < -0.3 is 20.2 Å². The zero-order chi connectivity index (χ0) is 60.7. The number of aryl methyl sites for hydroxylation is 2. The van der Waals surface area contributed by atoms with Gasteiger partial charge in [0.25, 0.3) is 0 Å². The summed E-state index contributed by atoms with van der Waals surface area (Å²) in [6, 6.07) is 34.0. The Morgan fingerprint density at radius 2 is 0.841 bits per heavy atom. The molecule has 8 heteroatoms. The molecule has 2 N–H and O–H groups in total. The van der Waals surface area contributed by atoms with Gasteiger partial charge in [-0.1, -0.05) is 222 Å². The van der Waals surface area contributed by atoms with E-state index >= 15 is 0 Å². The summed E-state index contributed by atoms with van der Waals surface area (Å²) in [5, 5.41) is 24.1. The molecule has 4 aromatic carbocycles. The Labute approximate surface area is 524 Å². The van der Waals surface area contributed by atoms with Gasteiger partial charge in [0, 0.05) is 86.4 Å². The van der Waals surface area contributed by atoms with E-state index in [0.717, 1.165) is 34.0 Å². The second kappa shape index (κ2) is 29.0. The van der Waals surface area contributed by atoms with Gasteiger partial charge in [-0.15, -0.1) is 69.8 Å². The van der Waals surface area contributed by atoms with Gasteiger partial charge in [-0.3, -0.25) is 9.59 Å². The van der Waals surface area contributed by atoms with E-state index in [-0.39, 0.29) is 90.4 Å². The number of ketones is 2. The first-order chi connectivity index (χ1) is 36.4. The zero-order valence-electron chi connectivity index (χ0n) is 54.7. The molecule has 2 aromatic heterocycles. The minimum Gasteiger partial charge on any atom is -0.512 e. The summed E-state index contributed by atoms with van der Waals surface area (Å²) in [5.74, 6) is 1.68. The SMILES string of the molecule is CC(C)(C)C(=O)C=C(O)C(C)(C)C.CC(C)(C)C(=O)C=C(O)C(C)(C)C.Cc1[c-]c(-c2cc3ccc(C(C)(C)C)cc3cn2)cc(C(C)(C)C)c1.Cc1[c-]c(-c2cc3ccc(C(C)C4CCCCC4)cc3cn2)cc(C(C)(C)C)c1.[Ir].[Ir]. The maximum atomic E-state index is 11.5. The summed E-state index contributed by atoms with van der Waals surface area (Å²) < 4.78 is 0. The standard InChI is InChI=1S/C28H34N.C24H28N.2C11H20O2.2Ir/c1-19-13-24(16-26(14-19)28(3,4)5)27-17-23-12-11-22(15-25(23)18-29-27)20(2)21-9-7-6-8-10-21;1-16-10-18(12-21(11-16)24(5,6)7)22-14-17-8-9-20(23(2,3)4)13-19(17)15-25-22;2*1-10(2,3)8(12)7-9(13)11(4,5)6;;/h11-12,14-18,20-21H,6-10H2,1-5H3;8-9,11-15H,1-7H3;2*7,12H,1-6H3;;/q2*-1;;;;. The minimum absolute atomic E-state index is 0. The van der Waals surface area contributed by atoms with Crippen LogP contribution in [0.1, 0.15) is 224 Å². The van der Waals surface area contributed by atoms with Gasteiger partial charge in [0.05, 0.1) is 0 Å². The number of nitrogens with zero attached hydrogens (tertiary/aromatic N) is 2. The number of allylic oxidation sites excluding steroid dienone is 4. The van der Waals surface area contributed by atoms with Gasteiger partial charge in [-0.05, 0) is 97.1 Å². The van der Waals surface area contributed by atoms with E-state index in [1.54, 1.807) is 0 Å². The number of aromatic nitrogens is 2. The van der Waals surface area contributed by atoms with Crippen molar-refractivity contribution in [1.29, 1.82) is 0 Å². The summed E-state index contributed by atoms with van der Waals surface area (Å²) in [7, 11) is 0. The largest absolute Gasteiger partial charge is 0.512 e. The Balaban J connectivity index is 0.000000394. The van der Waals surface area contributed by atoms with Gasteiger partial charge in [0.1, 0.15) is 11.5 Å². The van der Waals surface area contributed by atoms with E-state index in [1.165, 1.54) is 93.6 Å². The van der Waals surface area contributed by atoms with E-state index in [0.29, 0.717) is 5.92 Å². The molecule has 1 aliphatic carbocycles. The number of aliphatic hydroxyl groups excluding tert-OH is 2. The third-order valence-corrected chi connectivity index (χ3v) is 15.1. The molecule has 6 aromatic rings. The third kappa shape index (κ3) is 22.1. The first-order valence-electron chi connectivity index (χ1n) is 29.3. The molecule has 0 saturated heterocycles. The Kier molecular flexibility index (Phi) is 26.0. The zero-order valence-corrected chi connectivity index (χ0v) is 59.5. The topological polar surface area (TPSA) is 100 Å².